The van der Waals surface area contributed by atoms with Crippen molar-refractivity contribution in [2.24, 2.45) is 0 Å². The third-order valence-electron chi connectivity index (χ3n) is 2.71. The van der Waals surface area contributed by atoms with E-state index in [9.17, 15) is 4.79 Å². The van der Waals surface area contributed by atoms with Crippen LogP contribution < -0.4 is 0 Å². The van der Waals surface area contributed by atoms with Gasteiger partial charge < -0.3 is 0 Å². The summed E-state index contributed by atoms with van der Waals surface area (Å²) in [7, 11) is 0. The van der Waals surface area contributed by atoms with Gasteiger partial charge >= 0.3 is 0 Å². The number of benzene rings is 1. The van der Waals surface area contributed by atoms with Crippen molar-refractivity contribution in [3.63, 3.8) is 0 Å². The Bertz CT molecular complexity index is 591. The van der Waals surface area contributed by atoms with Crippen molar-refractivity contribution in [2.45, 2.75) is 20.8 Å². The first-order chi connectivity index (χ1) is 8.56. The molecular formula is C15H16N2O. The zero-order chi connectivity index (χ0) is 13.1. The van der Waals surface area contributed by atoms with Crippen LogP contribution in [0.5, 0.6) is 0 Å². The Morgan fingerprint density at radius 2 is 1.83 bits per heavy atom. The van der Waals surface area contributed by atoms with Crippen LogP contribution in [-0.2, 0) is 0 Å². The topological polar surface area (TPSA) is 34.9 Å². The second kappa shape index (κ2) is 5.00. The average molecular weight is 240 g/mol. The van der Waals surface area contributed by atoms with Gasteiger partial charge in [0.2, 0.25) is 0 Å². The number of allylic oxidation sites excluding steroid dienone is 1. The van der Waals surface area contributed by atoms with Crippen LogP contribution in [0.2, 0.25) is 0 Å². The first-order valence-corrected chi connectivity index (χ1v) is 5.88. The molecule has 0 spiro atoms. The van der Waals surface area contributed by atoms with Crippen LogP contribution in [0.25, 0.3) is 6.08 Å². The number of hydrogen-bond donors (Lipinski definition) is 0. The first kappa shape index (κ1) is 12.3. The monoisotopic (exact) mass is 240 g/mol. The molecule has 1 aromatic carbocycles. The lowest BCUT2D eigenvalue weighted by Gasteiger charge is -1.98. The largest absolute Gasteiger partial charge is 0.271 e. The second-order valence-corrected chi connectivity index (χ2v) is 4.42. The van der Waals surface area contributed by atoms with Gasteiger partial charge in [0.1, 0.15) is 0 Å². The molecule has 3 heteroatoms. The Hall–Kier alpha value is -2.16. The van der Waals surface area contributed by atoms with Crippen LogP contribution in [0.15, 0.2) is 36.4 Å². The van der Waals surface area contributed by atoms with Gasteiger partial charge in [-0.05, 0) is 38.5 Å². The number of carbonyl (C=O) groups is 1. The molecular weight excluding hydrogens is 224 g/mol. The fourth-order valence-corrected chi connectivity index (χ4v) is 1.77. The van der Waals surface area contributed by atoms with Gasteiger partial charge in [-0.15, -0.1) is 0 Å². The highest BCUT2D eigenvalue weighted by molar-refractivity contribution is 5.93. The molecule has 0 bridgehead atoms. The van der Waals surface area contributed by atoms with Crippen molar-refractivity contribution in [3.05, 3.63) is 58.9 Å². The minimum absolute atomic E-state index is 0.124. The van der Waals surface area contributed by atoms with E-state index in [1.807, 2.05) is 51.1 Å². The smallest absolute Gasteiger partial charge is 0.267 e. The van der Waals surface area contributed by atoms with E-state index in [0.717, 1.165) is 17.0 Å². The van der Waals surface area contributed by atoms with Crippen molar-refractivity contribution in [2.75, 3.05) is 0 Å². The molecule has 0 N–H and O–H groups in total. The molecule has 18 heavy (non-hydrogen) atoms. The summed E-state index contributed by atoms with van der Waals surface area (Å²) in [5.41, 5.74) is 3.92. The molecule has 92 valence electrons. The second-order valence-electron chi connectivity index (χ2n) is 4.42. The Morgan fingerprint density at radius 1 is 1.17 bits per heavy atom. The fraction of sp³-hybridized carbons (Fsp3) is 0.200. The van der Waals surface area contributed by atoms with Crippen molar-refractivity contribution < 1.29 is 4.79 Å². The maximum atomic E-state index is 11.9. The summed E-state index contributed by atoms with van der Waals surface area (Å²) < 4.78 is 1.42. The Kier molecular flexibility index (Phi) is 3.42. The minimum atomic E-state index is -0.124. The fourth-order valence-electron chi connectivity index (χ4n) is 1.77. The molecule has 0 saturated heterocycles. The number of aryl methyl sites for hydroxylation is 3. The molecule has 0 aliphatic rings. The van der Waals surface area contributed by atoms with Crippen molar-refractivity contribution >= 4 is 12.0 Å². The SMILES string of the molecule is Cc1ccc(/C=C/C(=O)n2nc(C)cc2C)cc1. The molecule has 0 fully saturated rings. The van der Waals surface area contributed by atoms with E-state index in [-0.39, 0.29) is 5.91 Å². The molecule has 0 saturated carbocycles. The van der Waals surface area contributed by atoms with Crippen LogP contribution in [0, 0.1) is 20.8 Å². The summed E-state index contributed by atoms with van der Waals surface area (Å²) >= 11 is 0. The van der Waals surface area contributed by atoms with Gasteiger partial charge in [-0.1, -0.05) is 29.8 Å². The lowest BCUT2D eigenvalue weighted by atomic mass is 10.1. The highest BCUT2D eigenvalue weighted by Gasteiger charge is 2.06. The van der Waals surface area contributed by atoms with Crippen LogP contribution in [0.3, 0.4) is 0 Å². The summed E-state index contributed by atoms with van der Waals surface area (Å²) in [4.78, 5) is 11.9. The molecule has 0 unspecified atom stereocenters. The summed E-state index contributed by atoms with van der Waals surface area (Å²) in [6.45, 7) is 5.78. The van der Waals surface area contributed by atoms with Crippen molar-refractivity contribution in [1.29, 1.82) is 0 Å². The normalized spacial score (nSPS) is 11.1. The van der Waals surface area contributed by atoms with E-state index in [1.165, 1.54) is 10.2 Å². The maximum absolute atomic E-state index is 11.9. The van der Waals surface area contributed by atoms with Gasteiger partial charge in [0, 0.05) is 11.8 Å². The van der Waals surface area contributed by atoms with Crippen LogP contribution in [0.4, 0.5) is 0 Å². The van der Waals surface area contributed by atoms with E-state index in [0.29, 0.717) is 0 Å². The average Bonchev–Trinajstić information content (AvgIpc) is 2.67. The van der Waals surface area contributed by atoms with Gasteiger partial charge in [-0.25, -0.2) is 4.68 Å². The minimum Gasteiger partial charge on any atom is -0.267 e. The van der Waals surface area contributed by atoms with Crippen LogP contribution in [-0.4, -0.2) is 15.7 Å². The summed E-state index contributed by atoms with van der Waals surface area (Å²) in [5.74, 6) is -0.124. The number of nitrogens with zero attached hydrogens (tertiary/aromatic N) is 2. The maximum Gasteiger partial charge on any atom is 0.271 e. The number of hydrogen-bond acceptors (Lipinski definition) is 2. The van der Waals surface area contributed by atoms with Crippen molar-refractivity contribution in [3.8, 4) is 0 Å². The zero-order valence-corrected chi connectivity index (χ0v) is 10.8. The van der Waals surface area contributed by atoms with Crippen LogP contribution >= 0.6 is 0 Å². The predicted octanol–water partition coefficient (Wildman–Crippen LogP) is 3.16. The lowest BCUT2D eigenvalue weighted by Crippen LogP contribution is -2.10. The van der Waals surface area contributed by atoms with Crippen molar-refractivity contribution in [1.82, 2.24) is 9.78 Å². The quantitative estimate of drug-likeness (QED) is 0.756. The van der Waals surface area contributed by atoms with E-state index in [4.69, 9.17) is 0 Å². The molecule has 1 aromatic heterocycles. The molecule has 0 atom stereocenters. The Balaban J connectivity index is 2.16. The molecule has 3 nitrogen and oxygen atoms in total. The number of aromatic nitrogens is 2. The van der Waals surface area contributed by atoms with Crippen LogP contribution in [0.1, 0.15) is 27.3 Å². The molecule has 2 aromatic rings. The highest BCUT2D eigenvalue weighted by Crippen LogP contribution is 2.06. The number of rotatable bonds is 2. The van der Waals surface area contributed by atoms with Gasteiger partial charge in [0.05, 0.1) is 5.69 Å². The predicted molar refractivity (Wildman–Crippen MR) is 72.5 cm³/mol. The van der Waals surface area contributed by atoms with Gasteiger partial charge in [-0.2, -0.15) is 5.10 Å². The van der Waals surface area contributed by atoms with E-state index in [1.54, 1.807) is 12.2 Å². The third kappa shape index (κ3) is 2.74. The Labute approximate surface area is 107 Å². The third-order valence-corrected chi connectivity index (χ3v) is 2.71. The van der Waals surface area contributed by atoms with E-state index >= 15 is 0 Å². The zero-order valence-electron chi connectivity index (χ0n) is 10.8. The standard InChI is InChI=1S/C15H16N2O/c1-11-4-6-14(7-5-11)8-9-15(18)17-13(3)10-12(2)16-17/h4-10H,1-3H3/b9-8+. The molecule has 2 rings (SSSR count). The molecule has 0 amide bonds. The first-order valence-electron chi connectivity index (χ1n) is 5.88. The van der Waals surface area contributed by atoms with E-state index < -0.39 is 0 Å². The molecule has 0 radical (unpaired) electrons. The summed E-state index contributed by atoms with van der Waals surface area (Å²) in [6.07, 6.45) is 3.35. The molecule has 0 aliphatic heterocycles. The number of carbonyl (C=O) groups excluding carboxylic acids is 1. The summed E-state index contributed by atoms with van der Waals surface area (Å²) in [6, 6.07) is 9.90. The lowest BCUT2D eigenvalue weighted by molar-refractivity contribution is 0.0952. The molecule has 1 heterocycles. The van der Waals surface area contributed by atoms with E-state index in [2.05, 4.69) is 5.10 Å². The Morgan fingerprint density at radius 3 is 2.39 bits per heavy atom. The van der Waals surface area contributed by atoms with Gasteiger partial charge in [0.15, 0.2) is 0 Å². The highest BCUT2D eigenvalue weighted by atomic mass is 16.2. The molecule has 0 aliphatic carbocycles. The van der Waals surface area contributed by atoms with Gasteiger partial charge in [0.25, 0.3) is 5.91 Å². The summed E-state index contributed by atoms with van der Waals surface area (Å²) in [5, 5.41) is 4.15. The van der Waals surface area contributed by atoms with Gasteiger partial charge in [-0.3, -0.25) is 4.79 Å².